The van der Waals surface area contributed by atoms with E-state index in [2.05, 4.69) is 4.72 Å². The summed E-state index contributed by atoms with van der Waals surface area (Å²) in [7, 11) is -3.36. The quantitative estimate of drug-likeness (QED) is 0.800. The van der Waals surface area contributed by atoms with Crippen molar-refractivity contribution in [1.82, 2.24) is 9.03 Å². The van der Waals surface area contributed by atoms with Gasteiger partial charge < -0.3 is 5.11 Å². The lowest BCUT2D eigenvalue weighted by molar-refractivity contribution is 0.0385. The molecule has 6 heteroatoms. The van der Waals surface area contributed by atoms with Crippen molar-refractivity contribution in [3.05, 3.63) is 0 Å². The molecule has 2 rings (SSSR count). The summed E-state index contributed by atoms with van der Waals surface area (Å²) < 4.78 is 28.4. The molecular weight excluding hydrogens is 252 g/mol. The molecule has 1 saturated heterocycles. The predicted octanol–water partition coefficient (Wildman–Crippen LogP) is 0.856. The normalized spacial score (nSPS) is 34.9. The summed E-state index contributed by atoms with van der Waals surface area (Å²) in [5.74, 6) is 0.120. The minimum Gasteiger partial charge on any atom is -0.393 e. The monoisotopic (exact) mass is 276 g/mol. The van der Waals surface area contributed by atoms with E-state index in [4.69, 9.17) is 0 Å². The Balaban J connectivity index is 2.11. The average molecular weight is 276 g/mol. The summed E-state index contributed by atoms with van der Waals surface area (Å²) in [5, 5.41) is 10.1. The SMILES string of the molecule is CCNS(=O)(=O)N1CCCC1C1CCCCC1O. The van der Waals surface area contributed by atoms with Crippen LogP contribution in [0.5, 0.6) is 0 Å². The van der Waals surface area contributed by atoms with Crippen molar-refractivity contribution in [2.75, 3.05) is 13.1 Å². The second-order valence-corrected chi connectivity index (χ2v) is 7.05. The van der Waals surface area contributed by atoms with Crippen LogP contribution < -0.4 is 4.72 Å². The molecular formula is C12H24N2O3S. The molecule has 1 aliphatic carbocycles. The van der Waals surface area contributed by atoms with Crippen molar-refractivity contribution in [1.29, 1.82) is 0 Å². The highest BCUT2D eigenvalue weighted by molar-refractivity contribution is 7.87. The van der Waals surface area contributed by atoms with Gasteiger partial charge in [-0.3, -0.25) is 0 Å². The van der Waals surface area contributed by atoms with Gasteiger partial charge in [0.1, 0.15) is 0 Å². The summed E-state index contributed by atoms with van der Waals surface area (Å²) in [6, 6.07) is -0.00986. The molecule has 2 aliphatic rings. The predicted molar refractivity (Wildman–Crippen MR) is 70.3 cm³/mol. The van der Waals surface area contributed by atoms with Gasteiger partial charge in [0, 0.05) is 25.0 Å². The Kier molecular flexibility index (Phi) is 4.64. The van der Waals surface area contributed by atoms with Crippen LogP contribution in [-0.2, 0) is 10.2 Å². The fraction of sp³-hybridized carbons (Fsp3) is 1.00. The van der Waals surface area contributed by atoms with Gasteiger partial charge in [0.15, 0.2) is 0 Å². The highest BCUT2D eigenvalue weighted by Gasteiger charge is 2.41. The van der Waals surface area contributed by atoms with Crippen LogP contribution in [-0.4, -0.2) is 43.1 Å². The van der Waals surface area contributed by atoms with Crippen molar-refractivity contribution in [3.8, 4) is 0 Å². The molecule has 3 unspecified atom stereocenters. The molecule has 1 heterocycles. The van der Waals surface area contributed by atoms with E-state index < -0.39 is 10.2 Å². The Morgan fingerprint density at radius 2 is 1.94 bits per heavy atom. The third-order valence-electron chi connectivity index (χ3n) is 4.16. The zero-order valence-corrected chi connectivity index (χ0v) is 11.8. The number of rotatable bonds is 4. The number of aliphatic hydroxyl groups excluding tert-OH is 1. The fourth-order valence-electron chi connectivity index (χ4n) is 3.35. The summed E-state index contributed by atoms with van der Waals surface area (Å²) in [4.78, 5) is 0. The van der Waals surface area contributed by atoms with Crippen LogP contribution in [0.3, 0.4) is 0 Å². The van der Waals surface area contributed by atoms with E-state index in [1.807, 2.05) is 0 Å². The summed E-state index contributed by atoms with van der Waals surface area (Å²) in [6.07, 6.45) is 5.38. The number of aliphatic hydroxyl groups is 1. The van der Waals surface area contributed by atoms with Crippen molar-refractivity contribution in [2.45, 2.75) is 57.6 Å². The largest absolute Gasteiger partial charge is 0.393 e. The number of hydrogen-bond acceptors (Lipinski definition) is 3. The lowest BCUT2D eigenvalue weighted by Gasteiger charge is -2.36. The zero-order valence-electron chi connectivity index (χ0n) is 11.0. The second-order valence-electron chi connectivity index (χ2n) is 5.34. The van der Waals surface area contributed by atoms with Gasteiger partial charge in [0.25, 0.3) is 10.2 Å². The number of hydrogen-bond donors (Lipinski definition) is 2. The Labute approximate surface area is 110 Å². The highest BCUT2D eigenvalue weighted by Crippen LogP contribution is 2.35. The molecule has 106 valence electrons. The molecule has 0 spiro atoms. The van der Waals surface area contributed by atoms with Gasteiger partial charge in [-0.05, 0) is 25.7 Å². The first kappa shape index (κ1) is 14.2. The van der Waals surface area contributed by atoms with Gasteiger partial charge in [0.2, 0.25) is 0 Å². The van der Waals surface area contributed by atoms with Crippen LogP contribution >= 0.6 is 0 Å². The van der Waals surface area contributed by atoms with Crippen molar-refractivity contribution < 1.29 is 13.5 Å². The molecule has 5 nitrogen and oxygen atoms in total. The molecule has 0 aromatic rings. The van der Waals surface area contributed by atoms with Crippen LogP contribution in [0.25, 0.3) is 0 Å². The maximum Gasteiger partial charge on any atom is 0.279 e. The first-order chi connectivity index (χ1) is 8.56. The van der Waals surface area contributed by atoms with Crippen molar-refractivity contribution >= 4 is 10.2 Å². The van der Waals surface area contributed by atoms with Gasteiger partial charge in [0.05, 0.1) is 6.10 Å². The van der Waals surface area contributed by atoms with E-state index in [1.54, 1.807) is 11.2 Å². The lowest BCUT2D eigenvalue weighted by Crippen LogP contribution is -2.49. The van der Waals surface area contributed by atoms with Crippen LogP contribution in [0, 0.1) is 5.92 Å². The minimum atomic E-state index is -3.36. The Bertz CT molecular complexity index is 372. The topological polar surface area (TPSA) is 69.6 Å². The van der Waals surface area contributed by atoms with E-state index in [9.17, 15) is 13.5 Å². The van der Waals surface area contributed by atoms with Crippen molar-refractivity contribution in [2.24, 2.45) is 5.92 Å². The minimum absolute atomic E-state index is 0.00986. The molecule has 2 fully saturated rings. The third kappa shape index (κ3) is 2.87. The maximum absolute atomic E-state index is 12.1. The molecule has 2 N–H and O–H groups in total. The van der Waals surface area contributed by atoms with Gasteiger partial charge in [-0.15, -0.1) is 0 Å². The average Bonchev–Trinajstić information content (AvgIpc) is 2.79. The first-order valence-corrected chi connectivity index (χ1v) is 8.44. The van der Waals surface area contributed by atoms with E-state index in [-0.39, 0.29) is 18.1 Å². The molecule has 18 heavy (non-hydrogen) atoms. The smallest absolute Gasteiger partial charge is 0.279 e. The van der Waals surface area contributed by atoms with Crippen LogP contribution in [0.2, 0.25) is 0 Å². The van der Waals surface area contributed by atoms with Crippen molar-refractivity contribution in [3.63, 3.8) is 0 Å². The van der Waals surface area contributed by atoms with Gasteiger partial charge in [-0.1, -0.05) is 19.8 Å². The van der Waals surface area contributed by atoms with Gasteiger partial charge in [-0.2, -0.15) is 12.7 Å². The van der Waals surface area contributed by atoms with E-state index in [1.165, 1.54) is 0 Å². The van der Waals surface area contributed by atoms with Gasteiger partial charge >= 0.3 is 0 Å². The lowest BCUT2D eigenvalue weighted by atomic mass is 9.81. The molecule has 1 saturated carbocycles. The van der Waals surface area contributed by atoms with Crippen LogP contribution in [0.15, 0.2) is 0 Å². The standard InChI is InChI=1S/C12H24N2O3S/c1-2-13-18(16,17)14-9-5-7-11(14)10-6-3-4-8-12(10)15/h10-13,15H,2-9H2,1H3. The highest BCUT2D eigenvalue weighted by atomic mass is 32.2. The molecule has 0 amide bonds. The zero-order chi connectivity index (χ0) is 13.2. The first-order valence-electron chi connectivity index (χ1n) is 7.00. The van der Waals surface area contributed by atoms with Gasteiger partial charge in [-0.25, -0.2) is 4.72 Å². The third-order valence-corrected chi connectivity index (χ3v) is 5.88. The molecule has 0 bridgehead atoms. The molecule has 0 aromatic carbocycles. The van der Waals surface area contributed by atoms with Crippen LogP contribution in [0.4, 0.5) is 0 Å². The summed E-state index contributed by atoms with van der Waals surface area (Å²) in [6.45, 7) is 2.79. The molecule has 0 radical (unpaired) electrons. The molecule has 1 aliphatic heterocycles. The Hall–Kier alpha value is -0.170. The van der Waals surface area contributed by atoms with E-state index >= 15 is 0 Å². The number of nitrogens with one attached hydrogen (secondary N) is 1. The second kappa shape index (κ2) is 5.86. The number of nitrogens with zero attached hydrogens (tertiary/aromatic N) is 1. The molecule has 3 atom stereocenters. The van der Waals surface area contributed by atoms with E-state index in [0.29, 0.717) is 13.1 Å². The maximum atomic E-state index is 12.1. The summed E-state index contributed by atoms with van der Waals surface area (Å²) in [5.41, 5.74) is 0. The fourth-order valence-corrected chi connectivity index (χ4v) is 4.86. The molecule has 0 aromatic heterocycles. The Morgan fingerprint density at radius 1 is 1.22 bits per heavy atom. The van der Waals surface area contributed by atoms with E-state index in [0.717, 1.165) is 38.5 Å². The summed E-state index contributed by atoms with van der Waals surface area (Å²) >= 11 is 0. The Morgan fingerprint density at radius 3 is 2.61 bits per heavy atom. The van der Waals surface area contributed by atoms with Crippen LogP contribution in [0.1, 0.15) is 45.4 Å².